The molecule has 2 aromatic rings. The van der Waals surface area contributed by atoms with Crippen molar-refractivity contribution >= 4 is 11.6 Å². The van der Waals surface area contributed by atoms with Gasteiger partial charge < -0.3 is 4.74 Å². The number of ether oxygens (including phenoxy) is 1. The number of hydrogen-bond acceptors (Lipinski definition) is 3. The molecule has 1 amide bonds. The number of nitrogens with zero attached hydrogens (tertiary/aromatic N) is 2. The van der Waals surface area contributed by atoms with E-state index < -0.39 is 0 Å². The fraction of sp³-hybridized carbons (Fsp3) is 0.417. The van der Waals surface area contributed by atoms with Crippen LogP contribution in [0.4, 0.5) is 0 Å². The van der Waals surface area contributed by atoms with Crippen LogP contribution in [0.3, 0.4) is 0 Å². The lowest BCUT2D eigenvalue weighted by Gasteiger charge is -2.33. The molecule has 4 heteroatoms. The maximum Gasteiger partial charge on any atom is 0.242 e. The fourth-order valence-corrected chi connectivity index (χ4v) is 3.59. The summed E-state index contributed by atoms with van der Waals surface area (Å²) in [5, 5.41) is 6.49. The van der Waals surface area contributed by atoms with Crippen molar-refractivity contribution in [3.8, 4) is 5.75 Å². The monoisotopic (exact) mass is 378 g/mol. The maximum atomic E-state index is 13.0. The number of benzene rings is 2. The van der Waals surface area contributed by atoms with Crippen LogP contribution < -0.4 is 4.74 Å². The Balaban J connectivity index is 1.73. The van der Waals surface area contributed by atoms with Crippen LogP contribution in [0.5, 0.6) is 5.75 Å². The zero-order chi connectivity index (χ0) is 20.1. The number of hydrazone groups is 1. The first-order valence-corrected chi connectivity index (χ1v) is 9.96. The van der Waals surface area contributed by atoms with Gasteiger partial charge in [0.05, 0.1) is 18.9 Å². The normalized spacial score (nSPS) is 16.8. The van der Waals surface area contributed by atoms with Gasteiger partial charge in [0, 0.05) is 18.4 Å². The minimum Gasteiger partial charge on any atom is -0.497 e. The Kier molecular flexibility index (Phi) is 6.18. The molecule has 3 rings (SSSR count). The number of methoxy groups -OCH3 is 1. The Bertz CT molecular complexity index is 837. The first-order chi connectivity index (χ1) is 13.4. The van der Waals surface area contributed by atoms with Gasteiger partial charge in [0.15, 0.2) is 0 Å². The number of amides is 1. The van der Waals surface area contributed by atoms with Crippen LogP contribution in [0, 0.1) is 5.41 Å². The first kappa shape index (κ1) is 20.1. The van der Waals surface area contributed by atoms with E-state index in [0.29, 0.717) is 6.42 Å². The van der Waals surface area contributed by atoms with Crippen molar-refractivity contribution in [1.82, 2.24) is 5.01 Å². The van der Waals surface area contributed by atoms with Crippen LogP contribution in [0.1, 0.15) is 51.2 Å². The minimum atomic E-state index is -0.0425. The molecule has 1 aliphatic rings. The van der Waals surface area contributed by atoms with Gasteiger partial charge in [-0.05, 0) is 36.0 Å². The zero-order valence-corrected chi connectivity index (χ0v) is 17.3. The molecule has 28 heavy (non-hydrogen) atoms. The molecule has 2 aromatic carbocycles. The highest BCUT2D eigenvalue weighted by atomic mass is 16.5. The summed E-state index contributed by atoms with van der Waals surface area (Å²) >= 11 is 0. The molecule has 1 unspecified atom stereocenters. The Hall–Kier alpha value is -2.62. The highest BCUT2D eigenvalue weighted by Gasteiger charge is 2.39. The standard InChI is InChI=1S/C24H30N2O2/c1-24(2,3)22-17-21(19-13-9-14-20(16-19)28-4)25-26(22)23(27)15-8-12-18-10-6-5-7-11-18/h5-7,9-11,13-14,16,22H,8,12,15,17H2,1-4H3. The molecule has 0 saturated heterocycles. The lowest BCUT2D eigenvalue weighted by atomic mass is 9.83. The second-order valence-electron chi connectivity index (χ2n) is 8.44. The van der Waals surface area contributed by atoms with Crippen LogP contribution >= 0.6 is 0 Å². The van der Waals surface area contributed by atoms with Gasteiger partial charge in [-0.1, -0.05) is 63.2 Å². The highest BCUT2D eigenvalue weighted by Crippen LogP contribution is 2.34. The molecule has 0 spiro atoms. The van der Waals surface area contributed by atoms with Gasteiger partial charge in [0.25, 0.3) is 0 Å². The summed E-state index contributed by atoms with van der Waals surface area (Å²) in [5.41, 5.74) is 3.20. The third-order valence-corrected chi connectivity index (χ3v) is 5.27. The molecule has 0 aromatic heterocycles. The molecule has 0 saturated carbocycles. The summed E-state index contributed by atoms with van der Waals surface area (Å²) in [4.78, 5) is 13.0. The van der Waals surface area contributed by atoms with E-state index in [4.69, 9.17) is 9.84 Å². The van der Waals surface area contributed by atoms with Gasteiger partial charge in [-0.3, -0.25) is 4.79 Å². The third-order valence-electron chi connectivity index (χ3n) is 5.27. The Morgan fingerprint density at radius 3 is 2.57 bits per heavy atom. The van der Waals surface area contributed by atoms with Crippen molar-refractivity contribution in [3.63, 3.8) is 0 Å². The topological polar surface area (TPSA) is 41.9 Å². The quantitative estimate of drug-likeness (QED) is 0.704. The molecule has 0 radical (unpaired) electrons. The average molecular weight is 379 g/mol. The second-order valence-corrected chi connectivity index (χ2v) is 8.44. The highest BCUT2D eigenvalue weighted by molar-refractivity contribution is 6.03. The molecule has 0 aliphatic carbocycles. The Morgan fingerprint density at radius 2 is 1.89 bits per heavy atom. The SMILES string of the molecule is COc1cccc(C2=NN(C(=O)CCCc3ccccc3)C(C(C)(C)C)C2)c1. The predicted octanol–water partition coefficient (Wildman–Crippen LogP) is 5.07. The van der Waals surface area contributed by atoms with Crippen molar-refractivity contribution < 1.29 is 9.53 Å². The average Bonchev–Trinajstić information content (AvgIpc) is 3.15. The molecular weight excluding hydrogens is 348 g/mol. The van der Waals surface area contributed by atoms with Crippen LogP contribution in [0.15, 0.2) is 59.7 Å². The molecule has 0 fully saturated rings. The molecule has 148 valence electrons. The Morgan fingerprint density at radius 1 is 1.14 bits per heavy atom. The van der Waals surface area contributed by atoms with E-state index in [1.165, 1.54) is 5.56 Å². The van der Waals surface area contributed by atoms with Gasteiger partial charge in [-0.25, -0.2) is 5.01 Å². The van der Waals surface area contributed by atoms with Crippen molar-refractivity contribution in [2.24, 2.45) is 10.5 Å². The van der Waals surface area contributed by atoms with Gasteiger partial charge in [-0.15, -0.1) is 0 Å². The van der Waals surface area contributed by atoms with Crippen LogP contribution in [-0.4, -0.2) is 29.8 Å². The summed E-state index contributed by atoms with van der Waals surface area (Å²) in [6.07, 6.45) is 3.02. The number of carbonyl (C=O) groups is 1. The van der Waals surface area contributed by atoms with Gasteiger partial charge in [0.1, 0.15) is 5.75 Å². The number of aryl methyl sites for hydroxylation is 1. The van der Waals surface area contributed by atoms with Crippen molar-refractivity contribution in [3.05, 3.63) is 65.7 Å². The molecular formula is C24H30N2O2. The summed E-state index contributed by atoms with van der Waals surface area (Å²) in [5.74, 6) is 0.911. The lowest BCUT2D eigenvalue weighted by Crippen LogP contribution is -2.41. The van der Waals surface area contributed by atoms with E-state index in [0.717, 1.165) is 36.3 Å². The summed E-state index contributed by atoms with van der Waals surface area (Å²) < 4.78 is 5.34. The summed E-state index contributed by atoms with van der Waals surface area (Å²) in [7, 11) is 1.66. The summed E-state index contributed by atoms with van der Waals surface area (Å²) in [6, 6.07) is 18.3. The van der Waals surface area contributed by atoms with Crippen LogP contribution in [-0.2, 0) is 11.2 Å². The van der Waals surface area contributed by atoms with E-state index in [2.05, 4.69) is 32.9 Å². The van der Waals surface area contributed by atoms with Crippen molar-refractivity contribution in [1.29, 1.82) is 0 Å². The van der Waals surface area contributed by atoms with Gasteiger partial charge >= 0.3 is 0 Å². The van der Waals surface area contributed by atoms with Gasteiger partial charge in [0.2, 0.25) is 5.91 Å². The lowest BCUT2D eigenvalue weighted by molar-refractivity contribution is -0.135. The minimum absolute atomic E-state index is 0.0425. The maximum absolute atomic E-state index is 13.0. The van der Waals surface area contributed by atoms with E-state index in [9.17, 15) is 4.79 Å². The molecule has 0 N–H and O–H groups in total. The summed E-state index contributed by atoms with van der Waals surface area (Å²) in [6.45, 7) is 6.52. The van der Waals surface area contributed by atoms with E-state index in [1.54, 1.807) is 12.1 Å². The van der Waals surface area contributed by atoms with E-state index >= 15 is 0 Å². The van der Waals surface area contributed by atoms with Gasteiger partial charge in [-0.2, -0.15) is 5.10 Å². The fourth-order valence-electron chi connectivity index (χ4n) is 3.59. The van der Waals surface area contributed by atoms with Crippen LogP contribution in [0.2, 0.25) is 0 Å². The molecule has 1 heterocycles. The molecule has 1 aliphatic heterocycles. The smallest absolute Gasteiger partial charge is 0.242 e. The first-order valence-electron chi connectivity index (χ1n) is 9.96. The van der Waals surface area contributed by atoms with E-state index in [1.807, 2.05) is 42.5 Å². The van der Waals surface area contributed by atoms with Crippen molar-refractivity contribution in [2.45, 2.75) is 52.5 Å². The zero-order valence-electron chi connectivity index (χ0n) is 17.3. The van der Waals surface area contributed by atoms with Crippen LogP contribution in [0.25, 0.3) is 0 Å². The molecule has 4 nitrogen and oxygen atoms in total. The number of hydrogen-bond donors (Lipinski definition) is 0. The van der Waals surface area contributed by atoms with E-state index in [-0.39, 0.29) is 17.4 Å². The molecule has 1 atom stereocenters. The van der Waals surface area contributed by atoms with Crippen molar-refractivity contribution in [2.75, 3.05) is 7.11 Å². The molecule has 0 bridgehead atoms. The second kappa shape index (κ2) is 8.59. The Labute approximate surface area is 168 Å². The largest absolute Gasteiger partial charge is 0.497 e. The number of carbonyl (C=O) groups excluding carboxylic acids is 1. The number of rotatable bonds is 6. The third kappa shape index (κ3) is 4.80. The predicted molar refractivity (Wildman–Crippen MR) is 114 cm³/mol.